The Morgan fingerprint density at radius 2 is 2.14 bits per heavy atom. The summed E-state index contributed by atoms with van der Waals surface area (Å²) < 4.78 is 0.726. The van der Waals surface area contributed by atoms with E-state index in [-0.39, 0.29) is 11.4 Å². The molecule has 0 saturated carbocycles. The summed E-state index contributed by atoms with van der Waals surface area (Å²) in [5.41, 5.74) is -0.169. The number of thiophene rings is 1. The van der Waals surface area contributed by atoms with Crippen LogP contribution in [0.3, 0.4) is 0 Å². The molecule has 1 rings (SSSR count). The average molecular weight is 232 g/mol. The van der Waals surface area contributed by atoms with Gasteiger partial charge in [-0.2, -0.15) is 0 Å². The zero-order valence-corrected chi connectivity index (χ0v) is 10.1. The Kier molecular flexibility index (Phi) is 3.56. The van der Waals surface area contributed by atoms with Crippen molar-refractivity contribution in [2.45, 2.75) is 32.7 Å². The normalized spacial score (nSPS) is 11.4. The molecule has 0 radical (unpaired) electrons. The molecule has 1 amide bonds. The lowest BCUT2D eigenvalue weighted by Crippen LogP contribution is -2.41. The number of carbonyl (C=O) groups excluding carboxylic acids is 1. The first-order valence-corrected chi connectivity index (χ1v) is 5.61. The van der Waals surface area contributed by atoms with Gasteiger partial charge < -0.3 is 5.32 Å². The van der Waals surface area contributed by atoms with Gasteiger partial charge in [0.05, 0.1) is 10.8 Å². The van der Waals surface area contributed by atoms with Crippen molar-refractivity contribution in [3.8, 4) is 0 Å². The van der Waals surface area contributed by atoms with Crippen LogP contribution >= 0.6 is 22.9 Å². The molecule has 78 valence electrons. The van der Waals surface area contributed by atoms with E-state index < -0.39 is 0 Å². The van der Waals surface area contributed by atoms with Gasteiger partial charge in [0.2, 0.25) is 5.91 Å². The van der Waals surface area contributed by atoms with Gasteiger partial charge in [-0.15, -0.1) is 11.3 Å². The summed E-state index contributed by atoms with van der Waals surface area (Å²) in [5, 5.41) is 2.90. The van der Waals surface area contributed by atoms with Gasteiger partial charge in [0.1, 0.15) is 0 Å². The third-order valence-electron chi connectivity index (χ3n) is 1.48. The lowest BCUT2D eigenvalue weighted by molar-refractivity contribution is -0.121. The molecule has 2 nitrogen and oxygen atoms in total. The maximum atomic E-state index is 11.5. The van der Waals surface area contributed by atoms with Gasteiger partial charge in [0.15, 0.2) is 0 Å². The van der Waals surface area contributed by atoms with E-state index in [0.717, 1.165) is 9.21 Å². The topological polar surface area (TPSA) is 29.1 Å². The van der Waals surface area contributed by atoms with E-state index in [2.05, 4.69) is 5.32 Å². The van der Waals surface area contributed by atoms with Crippen molar-refractivity contribution in [2.75, 3.05) is 0 Å². The third kappa shape index (κ3) is 4.11. The lowest BCUT2D eigenvalue weighted by Gasteiger charge is -2.20. The SMILES string of the molecule is CC(C)(C)NC(=O)Cc1ccc(Cl)s1. The van der Waals surface area contributed by atoms with Gasteiger partial charge in [0, 0.05) is 10.4 Å². The van der Waals surface area contributed by atoms with Crippen LogP contribution in [0.25, 0.3) is 0 Å². The molecule has 0 spiro atoms. The van der Waals surface area contributed by atoms with Crippen molar-refractivity contribution < 1.29 is 4.79 Å². The Labute approximate surface area is 93.3 Å². The van der Waals surface area contributed by atoms with E-state index in [1.807, 2.05) is 32.9 Å². The number of amides is 1. The quantitative estimate of drug-likeness (QED) is 0.833. The number of rotatable bonds is 2. The van der Waals surface area contributed by atoms with E-state index in [4.69, 9.17) is 11.6 Å². The summed E-state index contributed by atoms with van der Waals surface area (Å²) in [6.07, 6.45) is 0.411. The molecule has 0 bridgehead atoms. The third-order valence-corrected chi connectivity index (χ3v) is 2.71. The second-order valence-corrected chi connectivity index (χ2v) is 5.98. The largest absolute Gasteiger partial charge is 0.351 e. The van der Waals surface area contributed by atoms with Crippen LogP contribution < -0.4 is 5.32 Å². The second kappa shape index (κ2) is 4.32. The first kappa shape index (κ1) is 11.5. The maximum Gasteiger partial charge on any atom is 0.225 e. The summed E-state index contributed by atoms with van der Waals surface area (Å²) in [6.45, 7) is 5.89. The number of hydrogen-bond donors (Lipinski definition) is 1. The molecule has 0 fully saturated rings. The first-order valence-electron chi connectivity index (χ1n) is 4.42. The molecule has 0 aliphatic carbocycles. The highest BCUT2D eigenvalue weighted by molar-refractivity contribution is 7.16. The van der Waals surface area contributed by atoms with Crippen molar-refractivity contribution in [3.63, 3.8) is 0 Å². The minimum Gasteiger partial charge on any atom is -0.351 e. The molecule has 0 aliphatic rings. The molecule has 1 aromatic heterocycles. The first-order chi connectivity index (χ1) is 6.37. The number of hydrogen-bond acceptors (Lipinski definition) is 2. The minimum atomic E-state index is -0.169. The standard InChI is InChI=1S/C10H14ClNOS/c1-10(2,3)12-9(13)6-7-4-5-8(11)14-7/h4-5H,6H2,1-3H3,(H,12,13). The molecule has 1 aromatic rings. The van der Waals surface area contributed by atoms with Gasteiger partial charge in [-0.1, -0.05) is 11.6 Å². The fourth-order valence-corrected chi connectivity index (χ4v) is 2.15. The monoisotopic (exact) mass is 231 g/mol. The van der Waals surface area contributed by atoms with Crippen LogP contribution in [0.1, 0.15) is 25.6 Å². The molecular weight excluding hydrogens is 218 g/mol. The molecule has 1 heterocycles. The summed E-state index contributed by atoms with van der Waals surface area (Å²) in [6, 6.07) is 3.70. The Bertz CT molecular complexity index is 327. The van der Waals surface area contributed by atoms with Crippen LogP contribution in [0.15, 0.2) is 12.1 Å². The summed E-state index contributed by atoms with van der Waals surface area (Å²) in [7, 11) is 0. The summed E-state index contributed by atoms with van der Waals surface area (Å²) >= 11 is 7.21. The predicted octanol–water partition coefficient (Wildman–Crippen LogP) is 2.86. The van der Waals surface area contributed by atoms with Gasteiger partial charge >= 0.3 is 0 Å². The zero-order chi connectivity index (χ0) is 10.8. The van der Waals surface area contributed by atoms with Crippen molar-refractivity contribution in [1.82, 2.24) is 5.32 Å². The molecular formula is C10H14ClNOS. The zero-order valence-electron chi connectivity index (χ0n) is 8.56. The van der Waals surface area contributed by atoms with Crippen LogP contribution in [-0.4, -0.2) is 11.4 Å². The van der Waals surface area contributed by atoms with Crippen molar-refractivity contribution in [1.29, 1.82) is 0 Å². The van der Waals surface area contributed by atoms with Crippen molar-refractivity contribution in [3.05, 3.63) is 21.3 Å². The summed E-state index contributed by atoms with van der Waals surface area (Å²) in [5.74, 6) is 0.0380. The second-order valence-electron chi connectivity index (χ2n) is 4.18. The van der Waals surface area contributed by atoms with Gasteiger partial charge in [-0.25, -0.2) is 0 Å². The van der Waals surface area contributed by atoms with Crippen molar-refractivity contribution >= 4 is 28.8 Å². The van der Waals surface area contributed by atoms with E-state index >= 15 is 0 Å². The molecule has 4 heteroatoms. The molecule has 1 N–H and O–H groups in total. The highest BCUT2D eigenvalue weighted by atomic mass is 35.5. The van der Waals surface area contributed by atoms with E-state index in [1.165, 1.54) is 11.3 Å². The van der Waals surface area contributed by atoms with Crippen LogP contribution in [0.2, 0.25) is 4.34 Å². The van der Waals surface area contributed by atoms with E-state index in [9.17, 15) is 4.79 Å². The van der Waals surface area contributed by atoms with Gasteiger partial charge in [-0.05, 0) is 32.9 Å². The summed E-state index contributed by atoms with van der Waals surface area (Å²) in [4.78, 5) is 12.5. The maximum absolute atomic E-state index is 11.5. The number of halogens is 1. The smallest absolute Gasteiger partial charge is 0.225 e. The highest BCUT2D eigenvalue weighted by Crippen LogP contribution is 2.21. The van der Waals surface area contributed by atoms with Crippen LogP contribution in [0, 0.1) is 0 Å². The Morgan fingerprint density at radius 1 is 1.50 bits per heavy atom. The average Bonchev–Trinajstić information content (AvgIpc) is 2.30. The lowest BCUT2D eigenvalue weighted by atomic mass is 10.1. The molecule has 0 unspecified atom stereocenters. The van der Waals surface area contributed by atoms with E-state index in [0.29, 0.717) is 6.42 Å². The van der Waals surface area contributed by atoms with Gasteiger partial charge in [-0.3, -0.25) is 4.79 Å². The minimum absolute atomic E-state index is 0.0380. The molecule has 14 heavy (non-hydrogen) atoms. The van der Waals surface area contributed by atoms with Crippen molar-refractivity contribution in [2.24, 2.45) is 0 Å². The molecule has 0 aromatic carbocycles. The van der Waals surface area contributed by atoms with Gasteiger partial charge in [0.25, 0.3) is 0 Å². The number of nitrogens with one attached hydrogen (secondary N) is 1. The molecule has 0 saturated heterocycles. The molecule has 0 atom stereocenters. The fraction of sp³-hybridized carbons (Fsp3) is 0.500. The van der Waals surface area contributed by atoms with Crippen LogP contribution in [0.4, 0.5) is 0 Å². The fourth-order valence-electron chi connectivity index (χ4n) is 1.07. The number of carbonyl (C=O) groups is 1. The Morgan fingerprint density at radius 3 is 2.57 bits per heavy atom. The van der Waals surface area contributed by atoms with Crippen LogP contribution in [-0.2, 0) is 11.2 Å². The van der Waals surface area contributed by atoms with Crippen LogP contribution in [0.5, 0.6) is 0 Å². The Hall–Kier alpha value is -0.540. The Balaban J connectivity index is 2.50. The predicted molar refractivity (Wildman–Crippen MR) is 60.9 cm³/mol. The van der Waals surface area contributed by atoms with E-state index in [1.54, 1.807) is 0 Å². The highest BCUT2D eigenvalue weighted by Gasteiger charge is 2.14. The molecule has 0 aliphatic heterocycles.